The Morgan fingerprint density at radius 2 is 1.89 bits per heavy atom. The summed E-state index contributed by atoms with van der Waals surface area (Å²) in [6.45, 7) is 2.10. The molecule has 0 atom stereocenters. The molecule has 0 spiro atoms. The fraction of sp³-hybridized carbons (Fsp3) is 0.136. The van der Waals surface area contributed by atoms with Crippen molar-refractivity contribution in [3.8, 4) is 23.0 Å². The third-order valence-electron chi connectivity index (χ3n) is 4.13. The van der Waals surface area contributed by atoms with Crippen molar-refractivity contribution in [3.05, 3.63) is 82.1 Å². The Bertz CT molecular complexity index is 1060. The van der Waals surface area contributed by atoms with E-state index in [2.05, 4.69) is 45.6 Å². The summed E-state index contributed by atoms with van der Waals surface area (Å²) in [5.41, 5.74) is 5.22. The molecule has 0 saturated carbocycles. The molecule has 0 amide bonds. The predicted octanol–water partition coefficient (Wildman–Crippen LogP) is 3.68. The molecule has 28 heavy (non-hydrogen) atoms. The van der Waals surface area contributed by atoms with Crippen molar-refractivity contribution in [2.75, 3.05) is 6.54 Å². The van der Waals surface area contributed by atoms with E-state index in [4.69, 9.17) is 16.7 Å². The van der Waals surface area contributed by atoms with Crippen LogP contribution in [0.15, 0.2) is 54.6 Å². The zero-order valence-corrected chi connectivity index (χ0v) is 16.0. The van der Waals surface area contributed by atoms with E-state index in [1.165, 1.54) is 0 Å². The lowest BCUT2D eigenvalue weighted by Gasteiger charge is -2.07. The Balaban J connectivity index is 1.80. The summed E-state index contributed by atoms with van der Waals surface area (Å²) in [6.07, 6.45) is 0. The van der Waals surface area contributed by atoms with E-state index in [1.807, 2.05) is 37.3 Å². The van der Waals surface area contributed by atoms with Gasteiger partial charge in [0.1, 0.15) is 5.69 Å². The third-order valence-corrected chi connectivity index (χ3v) is 4.46. The summed E-state index contributed by atoms with van der Waals surface area (Å²) in [4.78, 5) is 10.5. The standard InChI is InChI=1S/C22H18ClN3O2/c1-15-16(8-5-9-19(15)17-6-3-2-4-7-17)10-11-18-12-20(23)21(26-25-18)13-24-14-22(27)28/h2-9,12,24H,13-14H2,1H3,(H,27,28). The number of carbonyl (C=O) groups is 1. The Morgan fingerprint density at radius 3 is 2.61 bits per heavy atom. The van der Waals surface area contributed by atoms with Crippen molar-refractivity contribution in [2.45, 2.75) is 13.5 Å². The summed E-state index contributed by atoms with van der Waals surface area (Å²) in [7, 11) is 0. The molecule has 0 unspecified atom stereocenters. The van der Waals surface area contributed by atoms with Crippen LogP contribution >= 0.6 is 11.6 Å². The van der Waals surface area contributed by atoms with E-state index in [0.29, 0.717) is 16.4 Å². The van der Waals surface area contributed by atoms with Gasteiger partial charge in [-0.2, -0.15) is 5.10 Å². The van der Waals surface area contributed by atoms with Gasteiger partial charge >= 0.3 is 5.97 Å². The Morgan fingerprint density at radius 1 is 1.11 bits per heavy atom. The molecule has 2 N–H and O–H groups in total. The molecule has 0 aliphatic carbocycles. The average molecular weight is 392 g/mol. The van der Waals surface area contributed by atoms with Crippen LogP contribution in [-0.4, -0.2) is 27.8 Å². The molecular weight excluding hydrogens is 374 g/mol. The first kappa shape index (κ1) is 19.6. The summed E-state index contributed by atoms with van der Waals surface area (Å²) in [6, 6.07) is 17.8. The highest BCUT2D eigenvalue weighted by atomic mass is 35.5. The Hall–Kier alpha value is -3.20. The van der Waals surface area contributed by atoms with Gasteiger partial charge in [0.05, 0.1) is 17.3 Å². The van der Waals surface area contributed by atoms with Gasteiger partial charge in [-0.05, 0) is 41.7 Å². The number of aliphatic carboxylic acids is 1. The van der Waals surface area contributed by atoms with Gasteiger partial charge in [0.25, 0.3) is 0 Å². The van der Waals surface area contributed by atoms with Gasteiger partial charge in [0.15, 0.2) is 0 Å². The van der Waals surface area contributed by atoms with Gasteiger partial charge in [0, 0.05) is 12.1 Å². The lowest BCUT2D eigenvalue weighted by molar-refractivity contribution is -0.136. The Labute approximate surface area is 168 Å². The monoisotopic (exact) mass is 391 g/mol. The summed E-state index contributed by atoms with van der Waals surface area (Å²) in [5, 5.41) is 19.9. The number of benzene rings is 2. The van der Waals surface area contributed by atoms with Crippen LogP contribution in [0.25, 0.3) is 11.1 Å². The van der Waals surface area contributed by atoms with Crippen molar-refractivity contribution in [2.24, 2.45) is 0 Å². The smallest absolute Gasteiger partial charge is 0.317 e. The molecule has 1 aromatic heterocycles. The van der Waals surface area contributed by atoms with Crippen LogP contribution in [0, 0.1) is 18.8 Å². The van der Waals surface area contributed by atoms with E-state index >= 15 is 0 Å². The molecule has 0 saturated heterocycles. The van der Waals surface area contributed by atoms with E-state index in [-0.39, 0.29) is 13.1 Å². The third kappa shape index (κ3) is 4.95. The molecule has 0 aliphatic rings. The molecule has 3 rings (SSSR count). The van der Waals surface area contributed by atoms with Crippen LogP contribution in [0.2, 0.25) is 5.02 Å². The van der Waals surface area contributed by atoms with Crippen molar-refractivity contribution < 1.29 is 9.90 Å². The van der Waals surface area contributed by atoms with Crippen LogP contribution in [-0.2, 0) is 11.3 Å². The second-order valence-corrected chi connectivity index (χ2v) is 6.52. The van der Waals surface area contributed by atoms with Crippen LogP contribution in [0.3, 0.4) is 0 Å². The maximum atomic E-state index is 10.5. The quantitative estimate of drug-likeness (QED) is 0.649. The van der Waals surface area contributed by atoms with Crippen LogP contribution in [0.1, 0.15) is 22.5 Å². The molecule has 5 nitrogen and oxygen atoms in total. The molecule has 0 bridgehead atoms. The first-order valence-corrected chi connectivity index (χ1v) is 9.04. The number of halogens is 1. The van der Waals surface area contributed by atoms with E-state index in [9.17, 15) is 4.79 Å². The minimum absolute atomic E-state index is 0.170. The van der Waals surface area contributed by atoms with Crippen molar-refractivity contribution in [1.82, 2.24) is 15.5 Å². The highest BCUT2D eigenvalue weighted by Gasteiger charge is 2.06. The number of carboxylic acid groups (broad SMARTS) is 1. The topological polar surface area (TPSA) is 75.1 Å². The first-order valence-electron chi connectivity index (χ1n) is 8.66. The minimum atomic E-state index is -0.945. The largest absolute Gasteiger partial charge is 0.480 e. The molecule has 3 aromatic rings. The zero-order valence-electron chi connectivity index (χ0n) is 15.2. The number of nitrogens with zero attached hydrogens (tertiary/aromatic N) is 2. The van der Waals surface area contributed by atoms with E-state index in [0.717, 1.165) is 22.3 Å². The molecule has 1 heterocycles. The maximum Gasteiger partial charge on any atom is 0.317 e. The van der Waals surface area contributed by atoms with E-state index in [1.54, 1.807) is 6.07 Å². The van der Waals surface area contributed by atoms with Crippen LogP contribution in [0.5, 0.6) is 0 Å². The predicted molar refractivity (Wildman–Crippen MR) is 109 cm³/mol. The minimum Gasteiger partial charge on any atom is -0.480 e. The van der Waals surface area contributed by atoms with Crippen LogP contribution < -0.4 is 5.32 Å². The van der Waals surface area contributed by atoms with Gasteiger partial charge in [-0.25, -0.2) is 0 Å². The van der Waals surface area contributed by atoms with Crippen molar-refractivity contribution in [3.63, 3.8) is 0 Å². The number of nitrogens with one attached hydrogen (secondary N) is 1. The second-order valence-electron chi connectivity index (χ2n) is 6.12. The second kappa shape index (κ2) is 9.14. The van der Waals surface area contributed by atoms with Gasteiger partial charge in [-0.1, -0.05) is 60.0 Å². The molecule has 0 fully saturated rings. The Kier molecular flexibility index (Phi) is 6.38. The van der Waals surface area contributed by atoms with Gasteiger partial charge in [-0.15, -0.1) is 5.10 Å². The highest BCUT2D eigenvalue weighted by molar-refractivity contribution is 6.31. The number of carboxylic acids is 1. The molecule has 6 heteroatoms. The number of aromatic nitrogens is 2. The number of hydrogen-bond acceptors (Lipinski definition) is 4. The normalized spacial score (nSPS) is 10.2. The summed E-state index contributed by atoms with van der Waals surface area (Å²) < 4.78 is 0. The fourth-order valence-electron chi connectivity index (χ4n) is 2.70. The zero-order chi connectivity index (χ0) is 19.9. The van der Waals surface area contributed by atoms with Crippen LogP contribution in [0.4, 0.5) is 0 Å². The van der Waals surface area contributed by atoms with Crippen molar-refractivity contribution >= 4 is 17.6 Å². The average Bonchev–Trinajstić information content (AvgIpc) is 2.69. The molecule has 0 aliphatic heterocycles. The molecule has 140 valence electrons. The molecular formula is C22H18ClN3O2. The summed E-state index contributed by atoms with van der Waals surface area (Å²) >= 11 is 6.21. The van der Waals surface area contributed by atoms with Gasteiger partial charge in [-0.3, -0.25) is 4.79 Å². The van der Waals surface area contributed by atoms with E-state index < -0.39 is 5.97 Å². The lowest BCUT2D eigenvalue weighted by atomic mass is 9.97. The fourth-order valence-corrected chi connectivity index (χ4v) is 2.90. The molecule has 2 aromatic carbocycles. The number of rotatable bonds is 5. The van der Waals surface area contributed by atoms with Gasteiger partial charge in [0.2, 0.25) is 0 Å². The first-order chi connectivity index (χ1) is 13.5. The highest BCUT2D eigenvalue weighted by Crippen LogP contribution is 2.25. The SMILES string of the molecule is Cc1c(C#Cc2cc(Cl)c(CNCC(=O)O)nn2)cccc1-c1ccccc1. The lowest BCUT2D eigenvalue weighted by Crippen LogP contribution is -2.22. The maximum absolute atomic E-state index is 10.5. The molecule has 0 radical (unpaired) electrons. The summed E-state index contributed by atoms with van der Waals surface area (Å²) in [5.74, 6) is 5.20. The number of hydrogen-bond donors (Lipinski definition) is 2. The van der Waals surface area contributed by atoms with Crippen molar-refractivity contribution in [1.29, 1.82) is 0 Å². The van der Waals surface area contributed by atoms with Gasteiger partial charge < -0.3 is 10.4 Å².